The number of hydrogen-bond donors (Lipinski definition) is 3. The van der Waals surface area contributed by atoms with Crippen LogP contribution in [0.5, 0.6) is 0 Å². The molecule has 0 radical (unpaired) electrons. The van der Waals surface area contributed by atoms with Crippen molar-refractivity contribution >= 4 is 29.1 Å². The molecule has 0 aliphatic rings. The molecule has 27 heavy (non-hydrogen) atoms. The van der Waals surface area contributed by atoms with Crippen LogP contribution < -0.4 is 16.0 Å². The molecular formula is C18H16F3N3O3. The Labute approximate surface area is 152 Å². The molecule has 2 rings (SSSR count). The van der Waals surface area contributed by atoms with Crippen LogP contribution >= 0.6 is 0 Å². The van der Waals surface area contributed by atoms with Crippen molar-refractivity contribution < 1.29 is 27.6 Å². The summed E-state index contributed by atoms with van der Waals surface area (Å²) >= 11 is 0. The molecule has 0 spiro atoms. The molecule has 3 N–H and O–H groups in total. The van der Waals surface area contributed by atoms with Crippen molar-refractivity contribution in [1.29, 1.82) is 0 Å². The summed E-state index contributed by atoms with van der Waals surface area (Å²) in [7, 11) is 0. The predicted octanol–water partition coefficient (Wildman–Crippen LogP) is 3.08. The van der Waals surface area contributed by atoms with E-state index >= 15 is 0 Å². The molecule has 2 aromatic rings. The van der Waals surface area contributed by atoms with E-state index in [2.05, 4.69) is 10.6 Å². The third kappa shape index (κ3) is 5.84. The molecule has 6 nitrogen and oxygen atoms in total. The molecule has 0 unspecified atom stereocenters. The number of alkyl halides is 3. The van der Waals surface area contributed by atoms with Gasteiger partial charge in [0.05, 0.1) is 0 Å². The molecule has 0 aliphatic carbocycles. The van der Waals surface area contributed by atoms with Gasteiger partial charge >= 0.3 is 12.1 Å². The van der Waals surface area contributed by atoms with Gasteiger partial charge in [0.25, 0.3) is 5.91 Å². The lowest BCUT2D eigenvalue weighted by atomic mass is 10.1. The summed E-state index contributed by atoms with van der Waals surface area (Å²) in [5.41, 5.74) is 0.958. The molecule has 0 aliphatic heterocycles. The summed E-state index contributed by atoms with van der Waals surface area (Å²) < 4.78 is 37.3. The van der Waals surface area contributed by atoms with E-state index in [1.165, 1.54) is 37.3 Å². The van der Waals surface area contributed by atoms with Crippen molar-refractivity contribution in [2.45, 2.75) is 19.6 Å². The third-order valence-electron chi connectivity index (χ3n) is 3.41. The fourth-order valence-corrected chi connectivity index (χ4v) is 2.21. The summed E-state index contributed by atoms with van der Waals surface area (Å²) in [6.45, 7) is 1.23. The maximum absolute atomic E-state index is 12.4. The third-order valence-corrected chi connectivity index (χ3v) is 3.41. The molecule has 0 aromatic heterocycles. The van der Waals surface area contributed by atoms with E-state index < -0.39 is 18.0 Å². The van der Waals surface area contributed by atoms with Gasteiger partial charge in [0.1, 0.15) is 0 Å². The van der Waals surface area contributed by atoms with E-state index in [4.69, 9.17) is 0 Å². The summed E-state index contributed by atoms with van der Waals surface area (Å²) in [5, 5.41) is 6.89. The van der Waals surface area contributed by atoms with E-state index in [1.54, 1.807) is 23.5 Å². The highest BCUT2D eigenvalue weighted by Gasteiger charge is 2.38. The number of carbonyl (C=O) groups excluding carboxylic acids is 3. The van der Waals surface area contributed by atoms with Crippen LogP contribution in [0.25, 0.3) is 0 Å². The Bertz CT molecular complexity index is 866. The smallest absolute Gasteiger partial charge is 0.348 e. The number of hydrogen-bond acceptors (Lipinski definition) is 3. The van der Waals surface area contributed by atoms with Gasteiger partial charge in [0.2, 0.25) is 5.91 Å². The Morgan fingerprint density at radius 2 is 1.67 bits per heavy atom. The van der Waals surface area contributed by atoms with Crippen molar-refractivity contribution in [2.24, 2.45) is 0 Å². The lowest BCUT2D eigenvalue weighted by molar-refractivity contribution is -0.167. The van der Waals surface area contributed by atoms with Crippen molar-refractivity contribution in [1.82, 2.24) is 5.32 Å². The summed E-state index contributed by atoms with van der Waals surface area (Å²) in [5.74, 6) is -2.87. The van der Waals surface area contributed by atoms with Crippen LogP contribution in [0.2, 0.25) is 0 Å². The first kappa shape index (κ1) is 20.0. The topological polar surface area (TPSA) is 87.3 Å². The zero-order valence-corrected chi connectivity index (χ0v) is 14.2. The minimum absolute atomic E-state index is 0.0490. The average molecular weight is 379 g/mol. The van der Waals surface area contributed by atoms with Crippen LogP contribution in [-0.2, 0) is 16.1 Å². The molecule has 0 bridgehead atoms. The van der Waals surface area contributed by atoms with Crippen molar-refractivity contribution in [3.05, 3.63) is 59.7 Å². The first-order valence-electron chi connectivity index (χ1n) is 7.79. The van der Waals surface area contributed by atoms with E-state index in [0.717, 1.165) is 0 Å². The normalized spacial score (nSPS) is 10.8. The number of para-hydroxylation sites is 1. The molecule has 0 heterocycles. The molecule has 0 saturated carbocycles. The van der Waals surface area contributed by atoms with Crippen LogP contribution in [0.15, 0.2) is 48.5 Å². The molecule has 3 amide bonds. The molecule has 0 saturated heterocycles. The maximum Gasteiger partial charge on any atom is 0.471 e. The summed E-state index contributed by atoms with van der Waals surface area (Å²) in [6.07, 6.45) is -5.01. The van der Waals surface area contributed by atoms with Gasteiger partial charge in [0.15, 0.2) is 0 Å². The highest BCUT2D eigenvalue weighted by atomic mass is 19.4. The second-order valence-electron chi connectivity index (χ2n) is 5.55. The van der Waals surface area contributed by atoms with Crippen LogP contribution in [0.4, 0.5) is 24.5 Å². The predicted molar refractivity (Wildman–Crippen MR) is 93.0 cm³/mol. The number of rotatable bonds is 5. The Morgan fingerprint density at radius 3 is 2.33 bits per heavy atom. The van der Waals surface area contributed by atoms with Crippen molar-refractivity contribution in [2.75, 3.05) is 10.6 Å². The van der Waals surface area contributed by atoms with Crippen LogP contribution in [0.3, 0.4) is 0 Å². The Hall–Kier alpha value is -3.36. The fourth-order valence-electron chi connectivity index (χ4n) is 2.21. The Morgan fingerprint density at radius 1 is 0.963 bits per heavy atom. The molecule has 9 heteroatoms. The highest BCUT2D eigenvalue weighted by molar-refractivity contribution is 5.97. The van der Waals surface area contributed by atoms with Crippen molar-refractivity contribution in [3.63, 3.8) is 0 Å². The lowest BCUT2D eigenvalue weighted by Crippen LogP contribution is -2.31. The fraction of sp³-hybridized carbons (Fsp3) is 0.167. The van der Waals surface area contributed by atoms with E-state index in [1.807, 2.05) is 0 Å². The summed E-state index contributed by atoms with van der Waals surface area (Å²) in [4.78, 5) is 34.4. The van der Waals surface area contributed by atoms with Gasteiger partial charge in [-0.05, 0) is 29.8 Å². The standard InChI is InChI=1S/C18H16F3N3O3/c1-11(25)23-14-7-4-6-12(9-14)16(26)22-10-13-5-2-3-8-15(13)24-17(27)18(19,20)21/h2-9H,10H2,1H3,(H,22,26)(H,23,25)(H,24,27). The average Bonchev–Trinajstić information content (AvgIpc) is 2.59. The second-order valence-corrected chi connectivity index (χ2v) is 5.55. The zero-order valence-electron chi connectivity index (χ0n) is 14.2. The molecule has 2 aromatic carbocycles. The van der Waals surface area contributed by atoms with Gasteiger partial charge in [-0.1, -0.05) is 24.3 Å². The van der Waals surface area contributed by atoms with Gasteiger partial charge in [-0.2, -0.15) is 13.2 Å². The molecule has 142 valence electrons. The van der Waals surface area contributed by atoms with Crippen LogP contribution in [0.1, 0.15) is 22.8 Å². The molecule has 0 fully saturated rings. The van der Waals surface area contributed by atoms with Crippen molar-refractivity contribution in [3.8, 4) is 0 Å². The summed E-state index contributed by atoms with van der Waals surface area (Å²) in [6, 6.07) is 12.0. The SMILES string of the molecule is CC(=O)Nc1cccc(C(=O)NCc2ccccc2NC(=O)C(F)(F)F)c1. The number of halogens is 3. The first-order chi connectivity index (χ1) is 12.7. The Balaban J connectivity index is 2.07. The number of amides is 3. The monoisotopic (exact) mass is 379 g/mol. The largest absolute Gasteiger partial charge is 0.471 e. The number of carbonyl (C=O) groups is 3. The van der Waals surface area contributed by atoms with E-state index in [9.17, 15) is 27.6 Å². The minimum Gasteiger partial charge on any atom is -0.348 e. The van der Waals surface area contributed by atoms with Gasteiger partial charge in [-0.3, -0.25) is 14.4 Å². The number of benzene rings is 2. The van der Waals surface area contributed by atoms with Gasteiger partial charge < -0.3 is 16.0 Å². The molecule has 0 atom stereocenters. The van der Waals surface area contributed by atoms with Crippen LogP contribution in [0, 0.1) is 0 Å². The second kappa shape index (κ2) is 8.35. The van der Waals surface area contributed by atoms with E-state index in [-0.39, 0.29) is 23.7 Å². The Kier molecular flexibility index (Phi) is 6.17. The highest BCUT2D eigenvalue weighted by Crippen LogP contribution is 2.21. The first-order valence-corrected chi connectivity index (χ1v) is 7.79. The number of anilines is 2. The maximum atomic E-state index is 12.4. The molecular weight excluding hydrogens is 363 g/mol. The van der Waals surface area contributed by atoms with Crippen LogP contribution in [-0.4, -0.2) is 23.9 Å². The van der Waals surface area contributed by atoms with Gasteiger partial charge in [-0.25, -0.2) is 0 Å². The van der Waals surface area contributed by atoms with E-state index in [0.29, 0.717) is 11.3 Å². The zero-order chi connectivity index (χ0) is 20.0. The van der Waals surface area contributed by atoms with Gasteiger partial charge in [-0.15, -0.1) is 0 Å². The van der Waals surface area contributed by atoms with Gasteiger partial charge in [0, 0.05) is 30.4 Å². The minimum atomic E-state index is -5.01. The number of nitrogens with one attached hydrogen (secondary N) is 3. The quantitative estimate of drug-likeness (QED) is 0.746. The lowest BCUT2D eigenvalue weighted by Gasteiger charge is -2.13.